The standard InChI is InChI=1S/C19H30N10O6S2/c20-6-7-25-37(34,35)14-5-4-11(15(17(14)36(23,32)33)18-26-28-29-27-18)12-2-1-3-13(16(12)22)19(31)24-8-10(21)9-30/h1-5,10,18,25-30H,6-9,20-22H2,(H,24,31)(H2,23,32,33)/t10-/m1/s1. The van der Waals surface area contributed by atoms with Crippen molar-refractivity contribution in [1.82, 2.24) is 32.0 Å². The van der Waals surface area contributed by atoms with Crippen LogP contribution in [0.4, 0.5) is 5.69 Å². The number of hydrazine groups is 3. The predicted octanol–water partition coefficient (Wildman–Crippen LogP) is -4.01. The van der Waals surface area contributed by atoms with E-state index in [4.69, 9.17) is 27.4 Å². The molecule has 37 heavy (non-hydrogen) atoms. The second kappa shape index (κ2) is 11.8. The molecule has 0 unspecified atom stereocenters. The van der Waals surface area contributed by atoms with Crippen LogP contribution in [0.1, 0.15) is 22.1 Å². The molecule has 204 valence electrons. The molecule has 0 radical (unpaired) electrons. The Hall–Kier alpha value is -2.75. The quantitative estimate of drug-likeness (QED) is 0.117. The highest BCUT2D eigenvalue weighted by molar-refractivity contribution is 7.92. The van der Waals surface area contributed by atoms with Crippen molar-refractivity contribution in [3.8, 4) is 11.1 Å². The smallest absolute Gasteiger partial charge is 0.253 e. The van der Waals surface area contributed by atoms with Gasteiger partial charge in [0, 0.05) is 36.8 Å². The summed E-state index contributed by atoms with van der Waals surface area (Å²) < 4.78 is 53.8. The highest BCUT2D eigenvalue weighted by atomic mass is 32.2. The van der Waals surface area contributed by atoms with E-state index in [1.165, 1.54) is 24.3 Å². The van der Waals surface area contributed by atoms with Gasteiger partial charge in [-0.05, 0) is 17.7 Å². The molecule has 0 bridgehead atoms. The van der Waals surface area contributed by atoms with Gasteiger partial charge >= 0.3 is 0 Å². The molecule has 0 saturated carbocycles. The first kappa shape index (κ1) is 28.8. The third-order valence-electron chi connectivity index (χ3n) is 5.35. The van der Waals surface area contributed by atoms with Crippen LogP contribution >= 0.6 is 0 Å². The fourth-order valence-corrected chi connectivity index (χ4v) is 6.36. The molecule has 1 fully saturated rings. The van der Waals surface area contributed by atoms with E-state index >= 15 is 0 Å². The number of nitrogens with two attached hydrogens (primary N) is 4. The van der Waals surface area contributed by atoms with E-state index < -0.39 is 48.0 Å². The average Bonchev–Trinajstić information content (AvgIpc) is 3.39. The lowest BCUT2D eigenvalue weighted by Crippen LogP contribution is -2.39. The molecular weight excluding hydrogens is 528 g/mol. The number of anilines is 1. The van der Waals surface area contributed by atoms with Crippen molar-refractivity contribution >= 4 is 31.6 Å². The summed E-state index contributed by atoms with van der Waals surface area (Å²) in [6.07, 6.45) is -1.01. The maximum Gasteiger partial charge on any atom is 0.253 e. The number of benzene rings is 2. The van der Waals surface area contributed by atoms with E-state index in [0.29, 0.717) is 0 Å². The Morgan fingerprint density at radius 2 is 1.76 bits per heavy atom. The molecule has 0 spiro atoms. The normalized spacial score (nSPS) is 15.6. The number of nitrogens with one attached hydrogen (secondary N) is 6. The van der Waals surface area contributed by atoms with Crippen molar-refractivity contribution in [2.75, 3.05) is 32.0 Å². The van der Waals surface area contributed by atoms with Crippen molar-refractivity contribution in [3.05, 3.63) is 41.5 Å². The number of carbonyl (C=O) groups is 1. The highest BCUT2D eigenvalue weighted by Gasteiger charge is 2.34. The topological polar surface area (TPSA) is 282 Å². The zero-order chi connectivity index (χ0) is 27.4. The van der Waals surface area contributed by atoms with E-state index in [0.717, 1.165) is 6.07 Å². The van der Waals surface area contributed by atoms with Gasteiger partial charge in [0.15, 0.2) is 0 Å². The Morgan fingerprint density at radius 3 is 2.35 bits per heavy atom. The molecule has 16 nitrogen and oxygen atoms in total. The van der Waals surface area contributed by atoms with Crippen LogP contribution in [0.15, 0.2) is 40.1 Å². The molecule has 0 aromatic heterocycles. The number of carbonyl (C=O) groups excluding carboxylic acids is 1. The minimum Gasteiger partial charge on any atom is -0.398 e. The molecule has 15 N–H and O–H groups in total. The summed E-state index contributed by atoms with van der Waals surface area (Å²) in [5, 5.41) is 17.2. The first-order valence-electron chi connectivity index (χ1n) is 10.9. The minimum atomic E-state index is -4.64. The van der Waals surface area contributed by atoms with E-state index in [2.05, 4.69) is 32.0 Å². The van der Waals surface area contributed by atoms with E-state index in [1.54, 1.807) is 0 Å². The number of nitrogen functional groups attached to an aromatic ring is 1. The van der Waals surface area contributed by atoms with Gasteiger partial charge in [-0.15, -0.1) is 0 Å². The van der Waals surface area contributed by atoms with Crippen LogP contribution in [0.2, 0.25) is 0 Å². The average molecular weight is 559 g/mol. The van der Waals surface area contributed by atoms with Crippen molar-refractivity contribution in [1.29, 1.82) is 0 Å². The second-order valence-electron chi connectivity index (χ2n) is 7.98. The van der Waals surface area contributed by atoms with Crippen molar-refractivity contribution in [2.45, 2.75) is 22.0 Å². The zero-order valence-corrected chi connectivity index (χ0v) is 21.1. The van der Waals surface area contributed by atoms with E-state index in [1.807, 2.05) is 0 Å². The summed E-state index contributed by atoms with van der Waals surface area (Å²) in [4.78, 5) is 11.5. The molecule has 3 rings (SSSR count). The number of hydrogen-bond acceptors (Lipinski definition) is 13. The van der Waals surface area contributed by atoms with Crippen molar-refractivity contribution in [2.24, 2.45) is 16.6 Å². The second-order valence-corrected chi connectivity index (χ2v) is 11.2. The minimum absolute atomic E-state index is 0.0184. The Labute approximate surface area is 213 Å². The maximum atomic E-state index is 13.0. The molecule has 0 aliphatic carbocycles. The Morgan fingerprint density at radius 1 is 1.08 bits per heavy atom. The van der Waals surface area contributed by atoms with Crippen LogP contribution < -0.4 is 54.3 Å². The number of sulfonamides is 2. The van der Waals surface area contributed by atoms with Gasteiger partial charge in [0.25, 0.3) is 5.91 Å². The number of hydrogen-bond donors (Lipinski definition) is 11. The van der Waals surface area contributed by atoms with Crippen LogP contribution in [0, 0.1) is 0 Å². The number of para-hydroxylation sites is 1. The van der Waals surface area contributed by atoms with Gasteiger partial charge in [-0.2, -0.15) is 11.1 Å². The number of aliphatic hydroxyl groups is 1. The number of rotatable bonds is 11. The third-order valence-corrected chi connectivity index (χ3v) is 8.00. The molecule has 1 aliphatic heterocycles. The van der Waals surface area contributed by atoms with E-state index in [-0.39, 0.29) is 54.2 Å². The van der Waals surface area contributed by atoms with Gasteiger partial charge in [0.05, 0.1) is 17.9 Å². The third kappa shape index (κ3) is 6.40. The Balaban J connectivity index is 2.26. The molecule has 2 aromatic rings. The van der Waals surface area contributed by atoms with Crippen LogP contribution in [0.25, 0.3) is 11.1 Å². The number of aliphatic hydroxyl groups excluding tert-OH is 1. The van der Waals surface area contributed by atoms with Crippen LogP contribution in [-0.4, -0.2) is 60.1 Å². The van der Waals surface area contributed by atoms with Gasteiger partial charge in [-0.25, -0.2) is 37.5 Å². The fraction of sp³-hybridized carbons (Fsp3) is 0.316. The van der Waals surface area contributed by atoms with Crippen LogP contribution in [0.5, 0.6) is 0 Å². The van der Waals surface area contributed by atoms with Gasteiger partial charge in [0.2, 0.25) is 20.0 Å². The van der Waals surface area contributed by atoms with Gasteiger partial charge in [0.1, 0.15) is 16.0 Å². The summed E-state index contributed by atoms with van der Waals surface area (Å²) >= 11 is 0. The van der Waals surface area contributed by atoms with Crippen LogP contribution in [0.3, 0.4) is 0 Å². The molecule has 1 saturated heterocycles. The fourth-order valence-electron chi connectivity index (χ4n) is 3.66. The summed E-state index contributed by atoms with van der Waals surface area (Å²) in [6, 6.07) is 6.26. The first-order valence-corrected chi connectivity index (χ1v) is 13.9. The molecule has 1 atom stereocenters. The maximum absolute atomic E-state index is 13.0. The van der Waals surface area contributed by atoms with Crippen LogP contribution in [-0.2, 0) is 20.0 Å². The molecule has 1 amide bonds. The summed E-state index contributed by atoms with van der Waals surface area (Å²) in [5.41, 5.74) is 28.3. The molecular formula is C19H30N10O6S2. The SMILES string of the molecule is NCCNS(=O)(=O)c1ccc(-c2cccc(C(=O)NC[C@@H](N)CO)c2N)c(C2NNNN2)c1S(N)(=O)=O. The predicted molar refractivity (Wildman–Crippen MR) is 135 cm³/mol. The Kier molecular flexibility index (Phi) is 9.15. The van der Waals surface area contributed by atoms with Crippen molar-refractivity contribution in [3.63, 3.8) is 0 Å². The van der Waals surface area contributed by atoms with E-state index in [9.17, 15) is 21.6 Å². The summed E-state index contributed by atoms with van der Waals surface area (Å²) in [7, 11) is -8.99. The monoisotopic (exact) mass is 558 g/mol. The highest BCUT2D eigenvalue weighted by Crippen LogP contribution is 2.39. The number of primary sulfonamides is 1. The lowest BCUT2D eigenvalue weighted by atomic mass is 9.94. The molecule has 1 heterocycles. The molecule has 1 aliphatic rings. The molecule has 18 heteroatoms. The Bertz CT molecular complexity index is 1360. The first-order chi connectivity index (χ1) is 17.4. The van der Waals surface area contributed by atoms with Gasteiger partial charge in [-0.1, -0.05) is 18.2 Å². The number of amides is 1. The van der Waals surface area contributed by atoms with Crippen molar-refractivity contribution < 1.29 is 26.7 Å². The summed E-state index contributed by atoms with van der Waals surface area (Å²) in [5.74, 6) is -0.581. The molecule has 2 aromatic carbocycles. The van der Waals surface area contributed by atoms with Gasteiger partial charge < -0.3 is 27.6 Å². The zero-order valence-electron chi connectivity index (χ0n) is 19.5. The lowest BCUT2D eigenvalue weighted by Gasteiger charge is -2.23. The summed E-state index contributed by atoms with van der Waals surface area (Å²) in [6.45, 7) is -0.524. The largest absolute Gasteiger partial charge is 0.398 e. The van der Waals surface area contributed by atoms with Gasteiger partial charge in [-0.3, -0.25) is 4.79 Å². The lowest BCUT2D eigenvalue weighted by molar-refractivity contribution is 0.0948.